The van der Waals surface area contributed by atoms with E-state index >= 15 is 0 Å². The number of rotatable bonds is 15. The summed E-state index contributed by atoms with van der Waals surface area (Å²) < 4.78 is 0. The lowest BCUT2D eigenvalue weighted by Gasteiger charge is -2.36. The highest BCUT2D eigenvalue weighted by Gasteiger charge is 2.31. The molecule has 0 aliphatic heterocycles. The Hall–Kier alpha value is -2.08. The maximum absolute atomic E-state index is 4.19. The van der Waals surface area contributed by atoms with Crippen molar-refractivity contribution in [3.63, 3.8) is 0 Å². The second-order valence-corrected chi connectivity index (χ2v) is 10.9. The largest absolute Gasteiger partial charge is 0.103 e. The van der Waals surface area contributed by atoms with Gasteiger partial charge in [-0.15, -0.1) is 13.2 Å². The van der Waals surface area contributed by atoms with E-state index in [0.29, 0.717) is 23.7 Å². The molecule has 34 heavy (non-hydrogen) atoms. The van der Waals surface area contributed by atoms with Crippen LogP contribution in [0.1, 0.15) is 94.9 Å². The maximum atomic E-state index is 4.19. The molecule has 0 spiro atoms. The number of hydrogen-bond donors (Lipinski definition) is 0. The monoisotopic (exact) mass is 462 g/mol. The lowest BCUT2D eigenvalue weighted by molar-refractivity contribution is 0.335. The summed E-state index contributed by atoms with van der Waals surface area (Å²) in [5.41, 5.74) is 8.45. The predicted molar refractivity (Wildman–Crippen MR) is 158 cm³/mol. The summed E-state index contributed by atoms with van der Waals surface area (Å²) in [6, 6.07) is 0. The van der Waals surface area contributed by atoms with E-state index in [1.165, 1.54) is 27.9 Å². The zero-order valence-electron chi connectivity index (χ0n) is 24.2. The summed E-state index contributed by atoms with van der Waals surface area (Å²) in [7, 11) is 0. The first-order chi connectivity index (χ1) is 15.9. The minimum atomic E-state index is 0.410. The van der Waals surface area contributed by atoms with Crippen LogP contribution in [-0.2, 0) is 0 Å². The second kappa shape index (κ2) is 17.4. The molecule has 0 heterocycles. The Morgan fingerprint density at radius 3 is 1.44 bits per heavy atom. The standard InChI is InChI=1S/C34H54/c1-13-15-29(11)31(22-18-26(5)6)34(24-20-28(9)10)33(16-14-2)32(23-19-27(7)8)30(12)21-17-25(3)4/h13-14,17-21,24,29,31-33H,1-2,15-16,22-23H2,3-12H3/b30-21+,34-24-. The van der Waals surface area contributed by atoms with E-state index < -0.39 is 0 Å². The van der Waals surface area contributed by atoms with Crippen LogP contribution >= 0.6 is 0 Å². The van der Waals surface area contributed by atoms with Crippen LogP contribution in [0, 0.1) is 23.7 Å². The van der Waals surface area contributed by atoms with E-state index in [1.54, 1.807) is 5.57 Å². The lowest BCUT2D eigenvalue weighted by Crippen LogP contribution is -2.26. The van der Waals surface area contributed by atoms with Crippen molar-refractivity contribution < 1.29 is 0 Å². The molecule has 0 aromatic heterocycles. The normalized spacial score (nSPS) is 15.4. The molecule has 190 valence electrons. The van der Waals surface area contributed by atoms with Crippen molar-refractivity contribution in [2.45, 2.75) is 94.9 Å². The van der Waals surface area contributed by atoms with Crippen LogP contribution in [0.3, 0.4) is 0 Å². The summed E-state index contributed by atoms with van der Waals surface area (Å²) in [6.45, 7) is 30.5. The molecule has 0 saturated carbocycles. The van der Waals surface area contributed by atoms with Crippen molar-refractivity contribution in [2.24, 2.45) is 23.7 Å². The molecule has 0 nitrogen and oxygen atoms in total. The SMILES string of the molecule is C=CCC(C)C(CC=C(C)C)/C(=C/C=C(C)C)C(CC=C)C(CC=C(C)C)/C(C)=C/C=C(C)C. The molecule has 0 fully saturated rings. The minimum Gasteiger partial charge on any atom is -0.103 e. The van der Waals surface area contributed by atoms with Crippen molar-refractivity contribution in [3.8, 4) is 0 Å². The van der Waals surface area contributed by atoms with E-state index in [0.717, 1.165) is 25.7 Å². The van der Waals surface area contributed by atoms with Crippen molar-refractivity contribution in [1.29, 1.82) is 0 Å². The van der Waals surface area contributed by atoms with Crippen LogP contribution < -0.4 is 0 Å². The molecular formula is C34H54. The zero-order valence-corrected chi connectivity index (χ0v) is 24.2. The van der Waals surface area contributed by atoms with E-state index in [9.17, 15) is 0 Å². The molecule has 0 aliphatic carbocycles. The molecule has 0 rings (SSSR count). The first kappa shape index (κ1) is 31.9. The lowest BCUT2D eigenvalue weighted by atomic mass is 9.69. The van der Waals surface area contributed by atoms with Crippen molar-refractivity contribution in [2.75, 3.05) is 0 Å². The molecule has 0 radical (unpaired) electrons. The van der Waals surface area contributed by atoms with Crippen LogP contribution in [-0.4, -0.2) is 0 Å². The van der Waals surface area contributed by atoms with Gasteiger partial charge >= 0.3 is 0 Å². The van der Waals surface area contributed by atoms with Gasteiger partial charge in [-0.2, -0.15) is 0 Å². The van der Waals surface area contributed by atoms with Gasteiger partial charge in [0.2, 0.25) is 0 Å². The Morgan fingerprint density at radius 2 is 1.00 bits per heavy atom. The van der Waals surface area contributed by atoms with E-state index in [-0.39, 0.29) is 0 Å². The van der Waals surface area contributed by atoms with Crippen LogP contribution in [0.25, 0.3) is 0 Å². The third-order valence-corrected chi connectivity index (χ3v) is 6.42. The summed E-state index contributed by atoms with van der Waals surface area (Å²) >= 11 is 0. The van der Waals surface area contributed by atoms with Gasteiger partial charge in [0.15, 0.2) is 0 Å². The van der Waals surface area contributed by atoms with Crippen molar-refractivity contribution >= 4 is 0 Å². The van der Waals surface area contributed by atoms with E-state index in [2.05, 4.69) is 131 Å². The molecule has 0 aromatic carbocycles. The first-order valence-corrected chi connectivity index (χ1v) is 13.1. The van der Waals surface area contributed by atoms with Gasteiger partial charge in [-0.25, -0.2) is 0 Å². The van der Waals surface area contributed by atoms with E-state index in [4.69, 9.17) is 0 Å². The molecule has 0 amide bonds. The van der Waals surface area contributed by atoms with Gasteiger partial charge in [-0.1, -0.05) is 89.0 Å². The Morgan fingerprint density at radius 1 is 0.529 bits per heavy atom. The van der Waals surface area contributed by atoms with Crippen LogP contribution in [0.15, 0.2) is 95.2 Å². The summed E-state index contributed by atoms with van der Waals surface area (Å²) in [5, 5.41) is 0. The average molecular weight is 463 g/mol. The van der Waals surface area contributed by atoms with Gasteiger partial charge in [0.25, 0.3) is 0 Å². The van der Waals surface area contributed by atoms with Gasteiger partial charge in [-0.05, 0) is 112 Å². The maximum Gasteiger partial charge on any atom is -0.00940 e. The Balaban J connectivity index is 6.97. The smallest absolute Gasteiger partial charge is 0.00940 e. The Labute approximate surface area is 213 Å². The summed E-state index contributed by atoms with van der Waals surface area (Å²) in [5.74, 6) is 1.85. The molecular weight excluding hydrogens is 408 g/mol. The quantitative estimate of drug-likeness (QED) is 0.168. The fraction of sp³-hybridized carbons (Fsp3) is 0.529. The summed E-state index contributed by atoms with van der Waals surface area (Å²) in [6.07, 6.45) is 22.5. The molecule has 0 aromatic rings. The van der Waals surface area contributed by atoms with E-state index in [1.807, 2.05) is 0 Å². The molecule has 0 N–H and O–H groups in total. The fourth-order valence-electron chi connectivity index (χ4n) is 4.44. The third kappa shape index (κ3) is 13.0. The van der Waals surface area contributed by atoms with Crippen LogP contribution in [0.4, 0.5) is 0 Å². The average Bonchev–Trinajstić information content (AvgIpc) is 2.73. The fourth-order valence-corrected chi connectivity index (χ4v) is 4.44. The number of hydrogen-bond acceptors (Lipinski definition) is 0. The summed E-state index contributed by atoms with van der Waals surface area (Å²) in [4.78, 5) is 0. The molecule has 4 atom stereocenters. The topological polar surface area (TPSA) is 0 Å². The Kier molecular flexibility index (Phi) is 16.3. The molecule has 0 heteroatoms. The molecule has 4 unspecified atom stereocenters. The molecule has 0 aliphatic rings. The number of allylic oxidation sites excluding steroid dienone is 14. The first-order valence-electron chi connectivity index (χ1n) is 13.1. The Bertz CT molecular complexity index is 802. The van der Waals surface area contributed by atoms with Gasteiger partial charge < -0.3 is 0 Å². The van der Waals surface area contributed by atoms with Crippen LogP contribution in [0.5, 0.6) is 0 Å². The molecule has 0 bridgehead atoms. The molecule has 0 saturated heterocycles. The highest BCUT2D eigenvalue weighted by atomic mass is 14.3. The van der Waals surface area contributed by atoms with Gasteiger partial charge in [0.05, 0.1) is 0 Å². The van der Waals surface area contributed by atoms with Gasteiger partial charge in [0.1, 0.15) is 0 Å². The van der Waals surface area contributed by atoms with Gasteiger partial charge in [-0.3, -0.25) is 0 Å². The third-order valence-electron chi connectivity index (χ3n) is 6.42. The van der Waals surface area contributed by atoms with Crippen molar-refractivity contribution in [3.05, 3.63) is 95.2 Å². The second-order valence-electron chi connectivity index (χ2n) is 10.9. The minimum absolute atomic E-state index is 0.410. The highest BCUT2D eigenvalue weighted by molar-refractivity contribution is 5.28. The highest BCUT2D eigenvalue weighted by Crippen LogP contribution is 2.41. The van der Waals surface area contributed by atoms with Crippen LogP contribution in [0.2, 0.25) is 0 Å². The van der Waals surface area contributed by atoms with Crippen molar-refractivity contribution in [1.82, 2.24) is 0 Å². The zero-order chi connectivity index (χ0) is 26.3. The van der Waals surface area contributed by atoms with Gasteiger partial charge in [0, 0.05) is 0 Å². The predicted octanol–water partition coefficient (Wildman–Crippen LogP) is 11.1.